The predicted molar refractivity (Wildman–Crippen MR) is 72.5 cm³/mol. The molecule has 1 aliphatic rings. The van der Waals surface area contributed by atoms with Gasteiger partial charge in [0.2, 0.25) is 0 Å². The highest BCUT2D eigenvalue weighted by atomic mass is 79.9. The Balaban J connectivity index is 2.04. The van der Waals surface area contributed by atoms with Crippen LogP contribution < -0.4 is 5.73 Å². The first kappa shape index (κ1) is 13.4. The van der Waals surface area contributed by atoms with Gasteiger partial charge in [0.15, 0.2) is 0 Å². The molecule has 1 heterocycles. The van der Waals surface area contributed by atoms with Crippen LogP contribution in [0.25, 0.3) is 0 Å². The highest BCUT2D eigenvalue weighted by Crippen LogP contribution is 2.24. The van der Waals surface area contributed by atoms with Crippen LogP contribution in [-0.4, -0.2) is 25.8 Å². The standard InChI is InChI=1S/C13H16BrNO3/c1-8-11(4-10(14)5-12(8)15)13(16)18-7-9-2-3-17-6-9/h4-5,9H,2-3,6-7,15H2,1H3. The van der Waals surface area contributed by atoms with Crippen molar-refractivity contribution >= 4 is 27.6 Å². The maximum Gasteiger partial charge on any atom is 0.338 e. The van der Waals surface area contributed by atoms with Crippen LogP contribution in [0, 0.1) is 12.8 Å². The number of nitrogens with two attached hydrogens (primary N) is 1. The average Bonchev–Trinajstić information content (AvgIpc) is 2.83. The van der Waals surface area contributed by atoms with Gasteiger partial charge in [-0.2, -0.15) is 0 Å². The largest absolute Gasteiger partial charge is 0.462 e. The molecule has 1 aromatic rings. The van der Waals surface area contributed by atoms with Gasteiger partial charge in [-0.05, 0) is 31.0 Å². The van der Waals surface area contributed by atoms with Crippen molar-refractivity contribution in [2.75, 3.05) is 25.6 Å². The Morgan fingerprint density at radius 2 is 2.39 bits per heavy atom. The summed E-state index contributed by atoms with van der Waals surface area (Å²) in [6.45, 7) is 3.65. The predicted octanol–water partition coefficient (Wildman–Crippen LogP) is 2.53. The van der Waals surface area contributed by atoms with Crippen LogP contribution in [-0.2, 0) is 9.47 Å². The smallest absolute Gasteiger partial charge is 0.338 e. The van der Waals surface area contributed by atoms with Crippen LogP contribution in [0.3, 0.4) is 0 Å². The first-order valence-electron chi connectivity index (χ1n) is 5.88. The molecule has 1 aliphatic heterocycles. The molecular formula is C13H16BrNO3. The molecule has 5 heteroatoms. The molecule has 0 bridgehead atoms. The molecule has 1 saturated heterocycles. The van der Waals surface area contributed by atoms with Gasteiger partial charge in [-0.1, -0.05) is 15.9 Å². The van der Waals surface area contributed by atoms with E-state index in [4.69, 9.17) is 15.2 Å². The van der Waals surface area contributed by atoms with Crippen molar-refractivity contribution in [3.63, 3.8) is 0 Å². The Bertz CT molecular complexity index is 456. The molecule has 2 N–H and O–H groups in total. The molecule has 0 radical (unpaired) electrons. The molecular weight excluding hydrogens is 298 g/mol. The number of halogens is 1. The molecule has 0 amide bonds. The minimum absolute atomic E-state index is 0.318. The fourth-order valence-corrected chi connectivity index (χ4v) is 2.37. The van der Waals surface area contributed by atoms with E-state index in [0.29, 0.717) is 30.4 Å². The van der Waals surface area contributed by atoms with Crippen molar-refractivity contribution in [1.29, 1.82) is 0 Å². The van der Waals surface area contributed by atoms with Gasteiger partial charge in [0.25, 0.3) is 0 Å². The number of benzene rings is 1. The van der Waals surface area contributed by atoms with Gasteiger partial charge in [0, 0.05) is 22.7 Å². The van der Waals surface area contributed by atoms with Gasteiger partial charge in [-0.25, -0.2) is 4.79 Å². The van der Waals surface area contributed by atoms with E-state index >= 15 is 0 Å². The van der Waals surface area contributed by atoms with Crippen molar-refractivity contribution in [1.82, 2.24) is 0 Å². The minimum atomic E-state index is -0.326. The summed E-state index contributed by atoms with van der Waals surface area (Å²) in [5.74, 6) is -0.00819. The first-order valence-corrected chi connectivity index (χ1v) is 6.67. The number of nitrogen functional groups attached to an aromatic ring is 1. The first-order chi connectivity index (χ1) is 8.58. The van der Waals surface area contributed by atoms with E-state index in [1.807, 2.05) is 6.92 Å². The molecule has 0 spiro atoms. The highest BCUT2D eigenvalue weighted by Gasteiger charge is 2.19. The molecule has 1 fully saturated rings. The molecule has 1 unspecified atom stereocenters. The van der Waals surface area contributed by atoms with Crippen molar-refractivity contribution < 1.29 is 14.3 Å². The summed E-state index contributed by atoms with van der Waals surface area (Å²) in [7, 11) is 0. The molecule has 98 valence electrons. The Hall–Kier alpha value is -1.07. The topological polar surface area (TPSA) is 61.6 Å². The third-order valence-corrected chi connectivity index (χ3v) is 3.56. The lowest BCUT2D eigenvalue weighted by atomic mass is 10.1. The van der Waals surface area contributed by atoms with Crippen molar-refractivity contribution in [3.8, 4) is 0 Å². The van der Waals surface area contributed by atoms with Gasteiger partial charge in [0.1, 0.15) is 0 Å². The van der Waals surface area contributed by atoms with Gasteiger partial charge in [-0.15, -0.1) is 0 Å². The molecule has 18 heavy (non-hydrogen) atoms. The summed E-state index contributed by atoms with van der Waals surface area (Å²) < 4.78 is 11.3. The second-order valence-corrected chi connectivity index (χ2v) is 5.41. The van der Waals surface area contributed by atoms with Crippen LogP contribution in [0.15, 0.2) is 16.6 Å². The van der Waals surface area contributed by atoms with E-state index in [2.05, 4.69) is 15.9 Å². The Morgan fingerprint density at radius 1 is 1.61 bits per heavy atom. The van der Waals surface area contributed by atoms with Gasteiger partial charge >= 0.3 is 5.97 Å². The fourth-order valence-electron chi connectivity index (χ4n) is 1.90. The number of carbonyl (C=O) groups excluding carboxylic acids is 1. The average molecular weight is 314 g/mol. The monoisotopic (exact) mass is 313 g/mol. The number of rotatable bonds is 3. The van der Waals surface area contributed by atoms with Gasteiger partial charge in [-0.3, -0.25) is 0 Å². The van der Waals surface area contributed by atoms with Crippen molar-refractivity contribution in [3.05, 3.63) is 27.7 Å². The summed E-state index contributed by atoms with van der Waals surface area (Å²) in [6.07, 6.45) is 0.951. The summed E-state index contributed by atoms with van der Waals surface area (Å²) in [5.41, 5.74) is 7.67. The second-order valence-electron chi connectivity index (χ2n) is 4.50. The lowest BCUT2D eigenvalue weighted by Crippen LogP contribution is -2.15. The molecule has 1 atom stereocenters. The van der Waals surface area contributed by atoms with E-state index in [0.717, 1.165) is 23.1 Å². The van der Waals surface area contributed by atoms with E-state index in [1.165, 1.54) is 0 Å². The summed E-state index contributed by atoms with van der Waals surface area (Å²) >= 11 is 3.33. The minimum Gasteiger partial charge on any atom is -0.462 e. The van der Waals surface area contributed by atoms with E-state index in [1.54, 1.807) is 12.1 Å². The third-order valence-electron chi connectivity index (χ3n) is 3.11. The summed E-state index contributed by atoms with van der Waals surface area (Å²) in [6, 6.07) is 3.51. The van der Waals surface area contributed by atoms with Crippen LogP contribution in [0.5, 0.6) is 0 Å². The number of esters is 1. The van der Waals surface area contributed by atoms with Gasteiger partial charge < -0.3 is 15.2 Å². The number of hydrogen-bond acceptors (Lipinski definition) is 4. The molecule has 0 aromatic heterocycles. The second kappa shape index (κ2) is 5.71. The Morgan fingerprint density at radius 3 is 3.06 bits per heavy atom. The Kier molecular flexibility index (Phi) is 4.24. The highest BCUT2D eigenvalue weighted by molar-refractivity contribution is 9.10. The maximum absolute atomic E-state index is 12.0. The van der Waals surface area contributed by atoms with E-state index in [9.17, 15) is 4.79 Å². The molecule has 1 aromatic carbocycles. The number of anilines is 1. The summed E-state index contributed by atoms with van der Waals surface area (Å²) in [4.78, 5) is 12.0. The van der Waals surface area contributed by atoms with Crippen molar-refractivity contribution in [2.45, 2.75) is 13.3 Å². The number of carbonyl (C=O) groups is 1. The zero-order valence-corrected chi connectivity index (χ0v) is 11.8. The zero-order valence-electron chi connectivity index (χ0n) is 10.2. The lowest BCUT2D eigenvalue weighted by molar-refractivity contribution is 0.0427. The molecule has 4 nitrogen and oxygen atoms in total. The summed E-state index contributed by atoms with van der Waals surface area (Å²) in [5, 5.41) is 0. The quantitative estimate of drug-likeness (QED) is 0.688. The molecule has 0 saturated carbocycles. The lowest BCUT2D eigenvalue weighted by Gasteiger charge is -2.12. The maximum atomic E-state index is 12.0. The molecule has 0 aliphatic carbocycles. The van der Waals surface area contributed by atoms with Crippen LogP contribution >= 0.6 is 15.9 Å². The normalized spacial score (nSPS) is 18.9. The van der Waals surface area contributed by atoms with Crippen molar-refractivity contribution in [2.24, 2.45) is 5.92 Å². The van der Waals surface area contributed by atoms with Crippen LogP contribution in [0.1, 0.15) is 22.3 Å². The Labute approximate surface area is 115 Å². The third kappa shape index (κ3) is 3.03. The SMILES string of the molecule is Cc1c(N)cc(Br)cc1C(=O)OCC1CCOC1. The van der Waals surface area contributed by atoms with Crippen LogP contribution in [0.4, 0.5) is 5.69 Å². The van der Waals surface area contributed by atoms with E-state index < -0.39 is 0 Å². The zero-order chi connectivity index (χ0) is 13.1. The van der Waals surface area contributed by atoms with E-state index in [-0.39, 0.29) is 5.97 Å². The number of hydrogen-bond donors (Lipinski definition) is 1. The fraction of sp³-hybridized carbons (Fsp3) is 0.462. The number of ether oxygens (including phenoxy) is 2. The molecule has 2 rings (SSSR count). The van der Waals surface area contributed by atoms with Crippen LogP contribution in [0.2, 0.25) is 0 Å². The van der Waals surface area contributed by atoms with Gasteiger partial charge in [0.05, 0.1) is 18.8 Å².